The number of ether oxygens (including phenoxy) is 1. The average Bonchev–Trinajstić information content (AvgIpc) is 2.88. The molecule has 6 heteroatoms. The molecule has 0 saturated carbocycles. The van der Waals surface area contributed by atoms with E-state index in [4.69, 9.17) is 9.73 Å². The number of hydrogen-bond acceptors (Lipinski definition) is 5. The van der Waals surface area contributed by atoms with E-state index in [1.165, 1.54) is 0 Å². The lowest BCUT2D eigenvalue weighted by Crippen LogP contribution is -2.23. The van der Waals surface area contributed by atoms with E-state index in [0.717, 1.165) is 22.5 Å². The lowest BCUT2D eigenvalue weighted by atomic mass is 10.0. The molecule has 6 nitrogen and oxygen atoms in total. The smallest absolute Gasteiger partial charge is 0.251 e. The molecule has 0 unspecified atom stereocenters. The van der Waals surface area contributed by atoms with Crippen molar-refractivity contribution in [1.29, 1.82) is 0 Å². The summed E-state index contributed by atoms with van der Waals surface area (Å²) >= 11 is 0. The molecular formula is C28H36N4O2. The van der Waals surface area contributed by atoms with Gasteiger partial charge in [0.1, 0.15) is 6.67 Å². The number of nitrogens with one attached hydrogen (secondary N) is 2. The minimum absolute atomic E-state index is 0.150. The first-order valence-electron chi connectivity index (χ1n) is 11.3. The number of amides is 1. The van der Waals surface area contributed by atoms with Crippen LogP contribution >= 0.6 is 0 Å². The first-order chi connectivity index (χ1) is 16.7. The van der Waals surface area contributed by atoms with Crippen LogP contribution in [0, 0.1) is 0 Å². The molecule has 0 fully saturated rings. The fourth-order valence-electron chi connectivity index (χ4n) is 2.88. The number of benzene rings is 2. The second kappa shape index (κ2) is 17.7. The van der Waals surface area contributed by atoms with Crippen molar-refractivity contribution < 1.29 is 9.53 Å². The Morgan fingerprint density at radius 3 is 2.56 bits per heavy atom. The molecule has 0 atom stereocenters. The number of allylic oxidation sites excluding steroid dienone is 1. The van der Waals surface area contributed by atoms with E-state index in [2.05, 4.69) is 35.5 Å². The zero-order valence-corrected chi connectivity index (χ0v) is 20.3. The monoisotopic (exact) mass is 460 g/mol. The van der Waals surface area contributed by atoms with E-state index in [9.17, 15) is 4.79 Å². The van der Waals surface area contributed by atoms with Gasteiger partial charge in [-0.1, -0.05) is 56.3 Å². The van der Waals surface area contributed by atoms with Crippen molar-refractivity contribution >= 4 is 24.0 Å². The normalized spacial score (nSPS) is 10.7. The predicted octanol–water partition coefficient (Wildman–Crippen LogP) is 5.79. The number of hydrogen-bond donors (Lipinski definition) is 2. The molecule has 0 bridgehead atoms. The fraction of sp³-hybridized carbons (Fsp3) is 0.250. The Morgan fingerprint density at radius 1 is 1.06 bits per heavy atom. The average molecular weight is 461 g/mol. The molecule has 2 aromatic rings. The van der Waals surface area contributed by atoms with Crippen molar-refractivity contribution in [3.63, 3.8) is 0 Å². The molecule has 0 spiro atoms. The summed E-state index contributed by atoms with van der Waals surface area (Å²) < 4.78 is 5.50. The van der Waals surface area contributed by atoms with Crippen LogP contribution in [0.5, 0.6) is 0 Å². The molecule has 0 heterocycles. The van der Waals surface area contributed by atoms with Crippen molar-refractivity contribution in [2.24, 2.45) is 9.98 Å². The fourth-order valence-corrected chi connectivity index (χ4v) is 2.88. The molecule has 0 aliphatic heterocycles. The molecule has 1 amide bonds. The third kappa shape index (κ3) is 10.7. The molecule has 0 saturated heterocycles. The summed E-state index contributed by atoms with van der Waals surface area (Å²) in [5, 5.41) is 6.11. The standard InChI is InChI=1S/C26H30N4O2.C2H6/c1-4-14-28-26(31)23-11-7-10-22(18-23)25(13-8-15-27-3)30-20-29-24-12-6-9-21(17-24)19-32-16-5-2;1-2/h4-12,15,17-18,29H,1-3,13-14,16,19-20H2,(H,28,31);1-2H3/b15-8-,30-25+;. The predicted molar refractivity (Wildman–Crippen MR) is 145 cm³/mol. The van der Waals surface area contributed by atoms with Gasteiger partial charge in [-0.15, -0.1) is 13.2 Å². The van der Waals surface area contributed by atoms with Gasteiger partial charge in [-0.25, -0.2) is 0 Å². The highest BCUT2D eigenvalue weighted by atomic mass is 16.5. The summed E-state index contributed by atoms with van der Waals surface area (Å²) in [6.45, 7) is 16.6. The Hall–Kier alpha value is -3.77. The Morgan fingerprint density at radius 2 is 1.82 bits per heavy atom. The molecule has 0 aliphatic carbocycles. The summed E-state index contributed by atoms with van der Waals surface area (Å²) in [5.41, 5.74) is 4.30. The Labute approximate surface area is 203 Å². The zero-order valence-electron chi connectivity index (χ0n) is 20.3. The van der Waals surface area contributed by atoms with E-state index >= 15 is 0 Å². The molecule has 180 valence electrons. The quantitative estimate of drug-likeness (QED) is 0.213. The van der Waals surface area contributed by atoms with Gasteiger partial charge in [-0.3, -0.25) is 14.8 Å². The van der Waals surface area contributed by atoms with Gasteiger partial charge in [-0.2, -0.15) is 0 Å². The van der Waals surface area contributed by atoms with Gasteiger partial charge in [0.25, 0.3) is 5.91 Å². The van der Waals surface area contributed by atoms with Crippen LogP contribution in [-0.4, -0.2) is 38.2 Å². The van der Waals surface area contributed by atoms with Crippen LogP contribution in [0.15, 0.2) is 96.1 Å². The minimum Gasteiger partial charge on any atom is -0.373 e. The maximum atomic E-state index is 12.3. The summed E-state index contributed by atoms with van der Waals surface area (Å²) in [6, 6.07) is 15.4. The minimum atomic E-state index is -0.150. The highest BCUT2D eigenvalue weighted by Crippen LogP contribution is 2.13. The van der Waals surface area contributed by atoms with Gasteiger partial charge in [0.05, 0.1) is 13.2 Å². The van der Waals surface area contributed by atoms with Crippen LogP contribution in [0.2, 0.25) is 0 Å². The maximum Gasteiger partial charge on any atom is 0.251 e. The zero-order chi connectivity index (χ0) is 25.0. The van der Waals surface area contributed by atoms with Crippen molar-refractivity contribution in [3.05, 3.63) is 103 Å². The molecule has 34 heavy (non-hydrogen) atoms. The number of rotatable bonds is 14. The second-order valence-corrected chi connectivity index (χ2v) is 6.79. The van der Waals surface area contributed by atoms with Crippen molar-refractivity contribution in [2.75, 3.05) is 25.1 Å². The summed E-state index contributed by atoms with van der Waals surface area (Å²) in [5.74, 6) is -0.150. The van der Waals surface area contributed by atoms with E-state index in [-0.39, 0.29) is 5.91 Å². The van der Waals surface area contributed by atoms with Crippen molar-refractivity contribution in [1.82, 2.24) is 5.32 Å². The summed E-state index contributed by atoms with van der Waals surface area (Å²) in [7, 11) is 0. The summed E-state index contributed by atoms with van der Waals surface area (Å²) in [4.78, 5) is 20.8. The first-order valence-corrected chi connectivity index (χ1v) is 11.3. The van der Waals surface area contributed by atoms with Crippen molar-refractivity contribution in [3.8, 4) is 0 Å². The number of carbonyl (C=O) groups excluding carboxylic acids is 1. The highest BCUT2D eigenvalue weighted by molar-refractivity contribution is 6.04. The molecule has 2 rings (SSSR count). The van der Waals surface area contributed by atoms with Crippen LogP contribution in [0.4, 0.5) is 5.69 Å². The number of nitrogens with zero attached hydrogens (tertiary/aromatic N) is 2. The van der Waals surface area contributed by atoms with E-state index in [1.807, 2.05) is 62.4 Å². The maximum absolute atomic E-state index is 12.3. The van der Waals surface area contributed by atoms with Gasteiger partial charge in [-0.05, 0) is 42.1 Å². The first kappa shape index (κ1) is 28.3. The number of anilines is 1. The van der Waals surface area contributed by atoms with Crippen LogP contribution in [-0.2, 0) is 11.3 Å². The third-order valence-corrected chi connectivity index (χ3v) is 4.37. The van der Waals surface area contributed by atoms with Gasteiger partial charge in [0, 0.05) is 36.1 Å². The van der Waals surface area contributed by atoms with Gasteiger partial charge in [0.15, 0.2) is 0 Å². The molecule has 2 aromatic carbocycles. The van der Waals surface area contributed by atoms with Crippen LogP contribution in [0.3, 0.4) is 0 Å². The Bertz CT molecular complexity index is 980. The lowest BCUT2D eigenvalue weighted by Gasteiger charge is -2.10. The van der Waals surface area contributed by atoms with Crippen LogP contribution in [0.25, 0.3) is 0 Å². The van der Waals surface area contributed by atoms with Crippen molar-refractivity contribution in [2.45, 2.75) is 26.9 Å². The van der Waals surface area contributed by atoms with Crippen LogP contribution < -0.4 is 10.6 Å². The Kier molecular flexibility index (Phi) is 14.8. The lowest BCUT2D eigenvalue weighted by molar-refractivity contribution is 0.0958. The summed E-state index contributed by atoms with van der Waals surface area (Å²) in [6.07, 6.45) is 7.46. The molecule has 0 aliphatic rings. The Balaban J connectivity index is 0.00000281. The number of carbonyl (C=O) groups is 1. The third-order valence-electron chi connectivity index (χ3n) is 4.37. The van der Waals surface area contributed by atoms with E-state index in [1.54, 1.807) is 24.4 Å². The van der Waals surface area contributed by atoms with E-state index < -0.39 is 0 Å². The molecule has 2 N–H and O–H groups in total. The molecular weight excluding hydrogens is 424 g/mol. The number of aliphatic imine (C=N–C) groups is 2. The largest absolute Gasteiger partial charge is 0.373 e. The second-order valence-electron chi connectivity index (χ2n) is 6.79. The molecule has 0 radical (unpaired) electrons. The highest BCUT2D eigenvalue weighted by Gasteiger charge is 2.08. The topological polar surface area (TPSA) is 75.1 Å². The van der Waals surface area contributed by atoms with Gasteiger partial charge >= 0.3 is 0 Å². The SMILES string of the molecule is C=CCNC(=O)c1cccc(/C(C/C=C\N=C)=N/CNc2cccc(COCC=C)c2)c1.CC. The van der Waals surface area contributed by atoms with E-state index in [0.29, 0.717) is 38.4 Å². The van der Waals surface area contributed by atoms with Gasteiger partial charge in [0.2, 0.25) is 0 Å². The van der Waals surface area contributed by atoms with Crippen LogP contribution in [0.1, 0.15) is 41.8 Å². The van der Waals surface area contributed by atoms with Gasteiger partial charge < -0.3 is 15.4 Å². The molecule has 0 aromatic heterocycles.